The first-order valence-corrected chi connectivity index (χ1v) is 9.82. The molecule has 0 saturated carbocycles. The van der Waals surface area contributed by atoms with Gasteiger partial charge in [0.2, 0.25) is 5.96 Å². The number of nitrogens with one attached hydrogen (secondary N) is 1. The summed E-state index contributed by atoms with van der Waals surface area (Å²) >= 11 is 0. The number of guanidine groups is 1. The standard InChI is InChI=1S/C23H22F3N5O/c1-16-13-17(2)28-21(27-16)30-22(29-20(32)23(24,25)26)31(14-18-9-5-3-6-10-18)15-19-11-7-4-8-12-19/h3-13H,14-15H2,1-2H3,(H,27,28,29,30,32). The topological polar surface area (TPSA) is 70.5 Å². The maximum absolute atomic E-state index is 13.1. The third kappa shape index (κ3) is 6.63. The van der Waals surface area contributed by atoms with Gasteiger partial charge in [-0.15, -0.1) is 0 Å². The van der Waals surface area contributed by atoms with Crippen molar-refractivity contribution in [3.63, 3.8) is 0 Å². The molecule has 1 heterocycles. The van der Waals surface area contributed by atoms with Crippen LogP contribution in [0.5, 0.6) is 0 Å². The van der Waals surface area contributed by atoms with Crippen LogP contribution < -0.4 is 5.32 Å². The summed E-state index contributed by atoms with van der Waals surface area (Å²) in [6, 6.07) is 20.1. The first kappa shape index (κ1) is 22.9. The Bertz CT molecular complexity index is 1020. The van der Waals surface area contributed by atoms with Crippen molar-refractivity contribution in [1.29, 1.82) is 0 Å². The van der Waals surface area contributed by atoms with E-state index >= 15 is 0 Å². The molecule has 32 heavy (non-hydrogen) atoms. The highest BCUT2D eigenvalue weighted by molar-refractivity contribution is 6.00. The second-order valence-electron chi connectivity index (χ2n) is 7.17. The van der Waals surface area contributed by atoms with Gasteiger partial charge in [0.1, 0.15) is 0 Å². The van der Waals surface area contributed by atoms with E-state index in [4.69, 9.17) is 0 Å². The molecule has 1 amide bonds. The Kier molecular flexibility index (Phi) is 7.19. The predicted molar refractivity (Wildman–Crippen MR) is 115 cm³/mol. The first-order chi connectivity index (χ1) is 15.2. The summed E-state index contributed by atoms with van der Waals surface area (Å²) in [6.07, 6.45) is -5.07. The molecular weight excluding hydrogens is 419 g/mol. The summed E-state index contributed by atoms with van der Waals surface area (Å²) in [5.41, 5.74) is 2.88. The van der Waals surface area contributed by atoms with E-state index < -0.39 is 12.1 Å². The van der Waals surface area contributed by atoms with Crippen molar-refractivity contribution in [2.24, 2.45) is 4.99 Å². The van der Waals surface area contributed by atoms with Gasteiger partial charge in [-0.25, -0.2) is 9.97 Å². The average molecular weight is 441 g/mol. The molecule has 6 nitrogen and oxygen atoms in total. The van der Waals surface area contributed by atoms with Gasteiger partial charge in [0.25, 0.3) is 5.95 Å². The number of rotatable bonds is 5. The molecule has 0 aliphatic rings. The van der Waals surface area contributed by atoms with Crippen LogP contribution >= 0.6 is 0 Å². The van der Waals surface area contributed by atoms with Crippen molar-refractivity contribution in [2.75, 3.05) is 0 Å². The molecule has 2 aromatic carbocycles. The van der Waals surface area contributed by atoms with Crippen molar-refractivity contribution in [3.05, 3.63) is 89.2 Å². The zero-order valence-electron chi connectivity index (χ0n) is 17.6. The minimum atomic E-state index is -5.07. The van der Waals surface area contributed by atoms with Crippen molar-refractivity contribution in [2.45, 2.75) is 33.1 Å². The van der Waals surface area contributed by atoms with Gasteiger partial charge in [0, 0.05) is 24.5 Å². The van der Waals surface area contributed by atoms with Crippen LogP contribution in [0.4, 0.5) is 19.1 Å². The number of hydrogen-bond donors (Lipinski definition) is 1. The maximum Gasteiger partial charge on any atom is 0.471 e. The number of amides is 1. The SMILES string of the molecule is Cc1cc(C)nc(N=C(NC(=O)C(F)(F)F)N(Cc2ccccc2)Cc2ccccc2)n1. The zero-order chi connectivity index (χ0) is 23.1. The molecule has 1 N–H and O–H groups in total. The fourth-order valence-corrected chi connectivity index (χ4v) is 3.02. The number of hydrogen-bond acceptors (Lipinski definition) is 4. The molecule has 0 aliphatic heterocycles. The molecule has 0 aliphatic carbocycles. The summed E-state index contributed by atoms with van der Waals surface area (Å²) < 4.78 is 39.2. The van der Waals surface area contributed by atoms with E-state index in [1.807, 2.05) is 66.0 Å². The number of carbonyl (C=O) groups is 1. The van der Waals surface area contributed by atoms with Crippen molar-refractivity contribution < 1.29 is 18.0 Å². The number of aromatic nitrogens is 2. The lowest BCUT2D eigenvalue weighted by Gasteiger charge is -2.27. The number of alkyl halides is 3. The van der Waals surface area contributed by atoms with Gasteiger partial charge in [-0.05, 0) is 31.0 Å². The third-order valence-electron chi connectivity index (χ3n) is 4.39. The van der Waals surface area contributed by atoms with E-state index in [0.29, 0.717) is 11.4 Å². The van der Waals surface area contributed by atoms with Crippen LogP contribution in [0.2, 0.25) is 0 Å². The smallest absolute Gasteiger partial charge is 0.334 e. The van der Waals surface area contributed by atoms with E-state index in [9.17, 15) is 18.0 Å². The van der Waals surface area contributed by atoms with Crippen LogP contribution in [0.25, 0.3) is 0 Å². The summed E-state index contributed by atoms with van der Waals surface area (Å²) in [6.45, 7) is 3.87. The number of aryl methyl sites for hydroxylation is 2. The Hall–Kier alpha value is -3.75. The molecule has 9 heteroatoms. The molecule has 3 rings (SSSR count). The Morgan fingerprint density at radius 2 is 1.38 bits per heavy atom. The highest BCUT2D eigenvalue weighted by Crippen LogP contribution is 2.17. The van der Waals surface area contributed by atoms with Gasteiger partial charge >= 0.3 is 12.1 Å². The van der Waals surface area contributed by atoms with Gasteiger partial charge in [0.05, 0.1) is 0 Å². The monoisotopic (exact) mass is 441 g/mol. The number of halogens is 3. The number of carbonyl (C=O) groups excluding carboxylic acids is 1. The summed E-state index contributed by atoms with van der Waals surface area (Å²) in [4.78, 5) is 26.0. The van der Waals surface area contributed by atoms with Gasteiger partial charge < -0.3 is 4.90 Å². The fourth-order valence-electron chi connectivity index (χ4n) is 3.02. The highest BCUT2D eigenvalue weighted by Gasteiger charge is 2.40. The lowest BCUT2D eigenvalue weighted by Crippen LogP contribution is -2.48. The lowest BCUT2D eigenvalue weighted by molar-refractivity contribution is -0.172. The van der Waals surface area contributed by atoms with E-state index in [-0.39, 0.29) is 25.0 Å². The van der Waals surface area contributed by atoms with E-state index in [0.717, 1.165) is 11.1 Å². The van der Waals surface area contributed by atoms with Crippen LogP contribution in [-0.2, 0) is 17.9 Å². The Labute approximate surface area is 183 Å². The third-order valence-corrected chi connectivity index (χ3v) is 4.39. The zero-order valence-corrected chi connectivity index (χ0v) is 17.6. The number of nitrogens with zero attached hydrogens (tertiary/aromatic N) is 4. The van der Waals surface area contributed by atoms with E-state index in [1.54, 1.807) is 24.8 Å². The average Bonchev–Trinajstić information content (AvgIpc) is 2.73. The summed E-state index contributed by atoms with van der Waals surface area (Å²) in [7, 11) is 0. The van der Waals surface area contributed by atoms with Crippen LogP contribution in [0.15, 0.2) is 71.7 Å². The number of benzene rings is 2. The molecule has 0 bridgehead atoms. The molecule has 0 spiro atoms. The second-order valence-corrected chi connectivity index (χ2v) is 7.17. The molecule has 0 saturated heterocycles. The van der Waals surface area contributed by atoms with Crippen molar-refractivity contribution in [1.82, 2.24) is 20.2 Å². The molecule has 0 unspecified atom stereocenters. The van der Waals surface area contributed by atoms with Gasteiger partial charge in [-0.1, -0.05) is 60.7 Å². The van der Waals surface area contributed by atoms with Crippen LogP contribution in [0.1, 0.15) is 22.5 Å². The molecule has 1 aromatic heterocycles. The second kappa shape index (κ2) is 10.0. The Balaban J connectivity index is 2.05. The quantitative estimate of drug-likeness (QED) is 0.469. The van der Waals surface area contributed by atoms with Gasteiger partial charge in [-0.2, -0.15) is 18.2 Å². The largest absolute Gasteiger partial charge is 0.471 e. The first-order valence-electron chi connectivity index (χ1n) is 9.82. The van der Waals surface area contributed by atoms with Crippen molar-refractivity contribution >= 4 is 17.8 Å². The van der Waals surface area contributed by atoms with E-state index in [2.05, 4.69) is 15.0 Å². The van der Waals surface area contributed by atoms with E-state index in [1.165, 1.54) is 0 Å². The summed E-state index contributed by atoms with van der Waals surface area (Å²) in [5, 5.41) is 1.92. The van der Waals surface area contributed by atoms with Crippen molar-refractivity contribution in [3.8, 4) is 0 Å². The maximum atomic E-state index is 13.1. The van der Waals surface area contributed by atoms with Crippen LogP contribution in [0.3, 0.4) is 0 Å². The molecule has 0 atom stereocenters. The normalized spacial score (nSPS) is 11.8. The predicted octanol–water partition coefficient (Wildman–Crippen LogP) is 4.46. The molecule has 166 valence electrons. The lowest BCUT2D eigenvalue weighted by atomic mass is 10.2. The molecule has 0 radical (unpaired) electrons. The van der Waals surface area contributed by atoms with Gasteiger partial charge in [-0.3, -0.25) is 10.1 Å². The molecule has 3 aromatic rings. The van der Waals surface area contributed by atoms with Crippen LogP contribution in [0, 0.1) is 13.8 Å². The minimum absolute atomic E-state index is 0.0360. The minimum Gasteiger partial charge on any atom is -0.334 e. The van der Waals surface area contributed by atoms with Gasteiger partial charge in [0.15, 0.2) is 0 Å². The fraction of sp³-hybridized carbons (Fsp3) is 0.217. The summed E-state index contributed by atoms with van der Waals surface area (Å²) in [5.74, 6) is -2.44. The Morgan fingerprint density at radius 3 is 1.81 bits per heavy atom. The molecule has 0 fully saturated rings. The Morgan fingerprint density at radius 1 is 0.906 bits per heavy atom. The van der Waals surface area contributed by atoms with Crippen LogP contribution in [-0.4, -0.2) is 32.9 Å². The molecular formula is C23H22F3N5O. The number of aliphatic imine (C=N–C) groups is 1. The highest BCUT2D eigenvalue weighted by atomic mass is 19.4.